The third kappa shape index (κ3) is 4.34. The van der Waals surface area contributed by atoms with Gasteiger partial charge >= 0.3 is 6.03 Å². The molecule has 0 heterocycles. The van der Waals surface area contributed by atoms with Crippen LogP contribution in [0.5, 0.6) is 0 Å². The van der Waals surface area contributed by atoms with Gasteiger partial charge in [0.05, 0.1) is 6.04 Å². The van der Waals surface area contributed by atoms with E-state index in [4.69, 9.17) is 0 Å². The topological polar surface area (TPSA) is 70.2 Å². The number of nitrogens with one attached hydrogen (secondary N) is 3. The number of amides is 3. The van der Waals surface area contributed by atoms with Gasteiger partial charge in [-0.1, -0.05) is 19.8 Å². The molecule has 0 aromatic carbocycles. The predicted octanol–water partition coefficient (Wildman–Crippen LogP) is 0.999. The number of carbonyl (C=O) groups excluding carboxylic acids is 2. The summed E-state index contributed by atoms with van der Waals surface area (Å²) < 4.78 is 0. The summed E-state index contributed by atoms with van der Waals surface area (Å²) in [7, 11) is 1.49. The minimum atomic E-state index is -0.458. The molecule has 98 valence electrons. The summed E-state index contributed by atoms with van der Waals surface area (Å²) >= 11 is 0. The van der Waals surface area contributed by atoms with Crippen molar-refractivity contribution in [2.45, 2.75) is 51.6 Å². The van der Waals surface area contributed by atoms with Crippen LogP contribution in [0.4, 0.5) is 4.79 Å². The molecule has 5 heteroatoms. The Morgan fingerprint density at radius 1 is 1.24 bits per heavy atom. The van der Waals surface area contributed by atoms with E-state index in [-0.39, 0.29) is 11.9 Å². The van der Waals surface area contributed by atoms with Crippen molar-refractivity contribution in [3.63, 3.8) is 0 Å². The van der Waals surface area contributed by atoms with Crippen LogP contribution in [0.25, 0.3) is 0 Å². The third-order valence-corrected chi connectivity index (χ3v) is 3.43. The number of carbonyl (C=O) groups is 2. The maximum atomic E-state index is 11.7. The van der Waals surface area contributed by atoms with Crippen LogP contribution < -0.4 is 16.0 Å². The summed E-state index contributed by atoms with van der Waals surface area (Å²) in [4.78, 5) is 22.7. The second-order valence-electron chi connectivity index (χ2n) is 4.82. The lowest BCUT2D eigenvalue weighted by Gasteiger charge is -2.31. The van der Waals surface area contributed by atoms with Gasteiger partial charge in [0.15, 0.2) is 0 Å². The van der Waals surface area contributed by atoms with Crippen LogP contribution in [0.15, 0.2) is 0 Å². The summed E-state index contributed by atoms with van der Waals surface area (Å²) in [5, 5.41) is 7.95. The number of imide groups is 1. The number of hydrogen-bond donors (Lipinski definition) is 3. The zero-order valence-electron chi connectivity index (χ0n) is 10.9. The number of urea groups is 1. The molecule has 0 radical (unpaired) electrons. The number of rotatable bonds is 3. The molecule has 3 atom stereocenters. The highest BCUT2D eigenvalue weighted by molar-refractivity contribution is 5.96. The quantitative estimate of drug-likeness (QED) is 0.690. The molecule has 0 bridgehead atoms. The van der Waals surface area contributed by atoms with E-state index in [0.717, 1.165) is 6.42 Å². The maximum absolute atomic E-state index is 11.7. The molecule has 0 spiro atoms. The Morgan fingerprint density at radius 2 is 1.88 bits per heavy atom. The van der Waals surface area contributed by atoms with Crippen LogP contribution in [0, 0.1) is 5.92 Å². The lowest BCUT2D eigenvalue weighted by molar-refractivity contribution is -0.122. The second kappa shape index (κ2) is 6.59. The van der Waals surface area contributed by atoms with Gasteiger partial charge in [-0.2, -0.15) is 0 Å². The van der Waals surface area contributed by atoms with Crippen LogP contribution in [-0.2, 0) is 4.79 Å². The van der Waals surface area contributed by atoms with E-state index in [1.165, 1.54) is 26.3 Å². The van der Waals surface area contributed by atoms with E-state index >= 15 is 0 Å². The minimum Gasteiger partial charge on any atom is -0.341 e. The van der Waals surface area contributed by atoms with Crippen molar-refractivity contribution < 1.29 is 9.59 Å². The van der Waals surface area contributed by atoms with Crippen molar-refractivity contribution in [2.75, 3.05) is 7.05 Å². The first-order valence-corrected chi connectivity index (χ1v) is 6.33. The highest BCUT2D eigenvalue weighted by Gasteiger charge is 2.25. The van der Waals surface area contributed by atoms with Gasteiger partial charge in [-0.05, 0) is 25.7 Å². The summed E-state index contributed by atoms with van der Waals surface area (Å²) in [6.07, 6.45) is 4.81. The molecule has 1 aliphatic carbocycles. The zero-order valence-corrected chi connectivity index (χ0v) is 10.9. The molecular formula is C12H23N3O2. The van der Waals surface area contributed by atoms with E-state index in [0.29, 0.717) is 12.0 Å². The molecule has 1 fully saturated rings. The van der Waals surface area contributed by atoms with Crippen molar-refractivity contribution in [2.24, 2.45) is 5.92 Å². The molecule has 5 nitrogen and oxygen atoms in total. The van der Waals surface area contributed by atoms with Gasteiger partial charge in [0, 0.05) is 13.1 Å². The van der Waals surface area contributed by atoms with Gasteiger partial charge < -0.3 is 10.6 Å². The Kier molecular flexibility index (Phi) is 5.41. The molecule has 1 saturated carbocycles. The average Bonchev–Trinajstić information content (AvgIpc) is 2.31. The second-order valence-corrected chi connectivity index (χ2v) is 4.82. The average molecular weight is 241 g/mol. The Morgan fingerprint density at radius 3 is 2.47 bits per heavy atom. The first-order valence-electron chi connectivity index (χ1n) is 6.33. The molecule has 0 saturated heterocycles. The fourth-order valence-electron chi connectivity index (χ4n) is 2.24. The van der Waals surface area contributed by atoms with Gasteiger partial charge in [-0.15, -0.1) is 0 Å². The van der Waals surface area contributed by atoms with E-state index in [2.05, 4.69) is 22.9 Å². The first kappa shape index (κ1) is 14.0. The Balaban J connectivity index is 2.39. The van der Waals surface area contributed by atoms with Crippen LogP contribution in [0.1, 0.15) is 39.5 Å². The van der Waals surface area contributed by atoms with Gasteiger partial charge in [0.2, 0.25) is 5.91 Å². The van der Waals surface area contributed by atoms with Gasteiger partial charge in [-0.25, -0.2) is 4.79 Å². The highest BCUT2D eigenvalue weighted by atomic mass is 16.2. The molecule has 1 rings (SSSR count). The highest BCUT2D eigenvalue weighted by Crippen LogP contribution is 2.23. The molecule has 3 N–H and O–H groups in total. The van der Waals surface area contributed by atoms with Crippen LogP contribution in [0.2, 0.25) is 0 Å². The lowest BCUT2D eigenvalue weighted by atomic mass is 9.85. The van der Waals surface area contributed by atoms with Crippen molar-refractivity contribution in [3.8, 4) is 0 Å². The molecule has 0 aromatic rings. The molecule has 3 amide bonds. The van der Waals surface area contributed by atoms with E-state index in [1.807, 2.05) is 0 Å². The van der Waals surface area contributed by atoms with Crippen molar-refractivity contribution in [1.29, 1.82) is 0 Å². The smallest absolute Gasteiger partial charge is 0.321 e. The Bertz CT molecular complexity index is 281. The normalized spacial score (nSPS) is 26.1. The summed E-state index contributed by atoms with van der Waals surface area (Å²) in [6, 6.07) is -0.410. The lowest BCUT2D eigenvalue weighted by Crippen LogP contribution is -2.51. The van der Waals surface area contributed by atoms with Crippen LogP contribution in [0.3, 0.4) is 0 Å². The fourth-order valence-corrected chi connectivity index (χ4v) is 2.24. The monoisotopic (exact) mass is 241 g/mol. The SMILES string of the molecule is CNC(=O)NC(=O)C(C)NC1CCCCC1C. The van der Waals surface area contributed by atoms with Crippen LogP contribution in [-0.4, -0.2) is 31.1 Å². The Labute approximate surface area is 103 Å². The van der Waals surface area contributed by atoms with Crippen molar-refractivity contribution in [3.05, 3.63) is 0 Å². The minimum absolute atomic E-state index is 0.276. The van der Waals surface area contributed by atoms with E-state index < -0.39 is 6.03 Å². The largest absolute Gasteiger partial charge is 0.341 e. The molecule has 17 heavy (non-hydrogen) atoms. The summed E-state index contributed by atoms with van der Waals surface area (Å²) in [6.45, 7) is 4.00. The molecule has 3 unspecified atom stereocenters. The standard InChI is InChI=1S/C12H23N3O2/c1-8-6-4-5-7-10(8)14-9(2)11(16)15-12(17)13-3/h8-10,14H,4-7H2,1-3H3,(H2,13,15,16,17). The molecular weight excluding hydrogens is 218 g/mol. The van der Waals surface area contributed by atoms with E-state index in [9.17, 15) is 9.59 Å². The summed E-state index contributed by atoms with van der Waals surface area (Å²) in [5.74, 6) is 0.320. The van der Waals surface area contributed by atoms with Gasteiger partial charge in [0.25, 0.3) is 0 Å². The molecule has 0 aromatic heterocycles. The molecule has 0 aliphatic heterocycles. The van der Waals surface area contributed by atoms with Gasteiger partial charge in [0.1, 0.15) is 0 Å². The first-order chi connectivity index (χ1) is 8.04. The summed E-state index contributed by atoms with van der Waals surface area (Å²) in [5.41, 5.74) is 0. The third-order valence-electron chi connectivity index (χ3n) is 3.43. The van der Waals surface area contributed by atoms with Crippen molar-refractivity contribution in [1.82, 2.24) is 16.0 Å². The Hall–Kier alpha value is -1.10. The molecule has 1 aliphatic rings. The zero-order chi connectivity index (χ0) is 12.8. The maximum Gasteiger partial charge on any atom is 0.321 e. The van der Waals surface area contributed by atoms with Crippen LogP contribution >= 0.6 is 0 Å². The number of hydrogen-bond acceptors (Lipinski definition) is 3. The fraction of sp³-hybridized carbons (Fsp3) is 0.833. The predicted molar refractivity (Wildman–Crippen MR) is 66.6 cm³/mol. The van der Waals surface area contributed by atoms with E-state index in [1.54, 1.807) is 6.92 Å². The van der Waals surface area contributed by atoms with Gasteiger partial charge in [-0.3, -0.25) is 10.1 Å². The van der Waals surface area contributed by atoms with Crippen molar-refractivity contribution >= 4 is 11.9 Å².